The van der Waals surface area contributed by atoms with Gasteiger partial charge in [0.25, 0.3) is 0 Å². The first kappa shape index (κ1) is 19.2. The SMILES string of the molecule is CN=C(NCC(c1ccco1)N1CCCC1)NCC1(CCOC)CCC1. The zero-order chi connectivity index (χ0) is 18.2. The van der Waals surface area contributed by atoms with Crippen LogP contribution in [0.5, 0.6) is 0 Å². The number of methoxy groups -OCH3 is 1. The monoisotopic (exact) mass is 362 g/mol. The lowest BCUT2D eigenvalue weighted by Crippen LogP contribution is -2.48. The zero-order valence-electron chi connectivity index (χ0n) is 16.3. The Hall–Kier alpha value is -1.53. The van der Waals surface area contributed by atoms with E-state index in [9.17, 15) is 0 Å². The van der Waals surface area contributed by atoms with Crippen molar-refractivity contribution >= 4 is 5.96 Å². The van der Waals surface area contributed by atoms with E-state index in [1.165, 1.54) is 32.1 Å². The molecular weight excluding hydrogens is 328 g/mol. The van der Waals surface area contributed by atoms with Gasteiger partial charge in [0.2, 0.25) is 0 Å². The van der Waals surface area contributed by atoms with Crippen molar-refractivity contribution in [1.29, 1.82) is 0 Å². The topological polar surface area (TPSA) is 62.0 Å². The lowest BCUT2D eigenvalue weighted by Gasteiger charge is -2.42. The largest absolute Gasteiger partial charge is 0.468 e. The molecule has 1 aliphatic heterocycles. The third-order valence-corrected chi connectivity index (χ3v) is 6.02. The van der Waals surface area contributed by atoms with E-state index in [4.69, 9.17) is 9.15 Å². The Balaban J connectivity index is 1.52. The second kappa shape index (κ2) is 9.42. The maximum atomic E-state index is 5.70. The van der Waals surface area contributed by atoms with E-state index in [0.29, 0.717) is 5.41 Å². The summed E-state index contributed by atoms with van der Waals surface area (Å²) < 4.78 is 11.0. The van der Waals surface area contributed by atoms with Crippen LogP contribution in [0.25, 0.3) is 0 Å². The number of likely N-dealkylation sites (tertiary alicyclic amines) is 1. The smallest absolute Gasteiger partial charge is 0.191 e. The molecule has 1 saturated carbocycles. The standard InChI is InChI=1S/C20H34N4O2/c1-21-19(23-16-20(8-6-9-20)10-14-25-2)22-15-17(18-7-5-13-26-18)24-11-3-4-12-24/h5,7,13,17H,3-4,6,8-12,14-16H2,1-2H3,(H2,21,22,23). The first-order valence-electron chi connectivity index (χ1n) is 9.97. The van der Waals surface area contributed by atoms with Crippen LogP contribution in [0.15, 0.2) is 27.8 Å². The fourth-order valence-electron chi connectivity index (χ4n) is 4.14. The fraction of sp³-hybridized carbons (Fsp3) is 0.750. The molecule has 2 aliphatic rings. The number of hydrogen-bond acceptors (Lipinski definition) is 4. The van der Waals surface area contributed by atoms with Gasteiger partial charge in [0, 0.05) is 33.9 Å². The Morgan fingerprint density at radius 1 is 1.31 bits per heavy atom. The van der Waals surface area contributed by atoms with E-state index in [2.05, 4.69) is 26.6 Å². The van der Waals surface area contributed by atoms with Crippen molar-refractivity contribution in [2.45, 2.75) is 44.6 Å². The van der Waals surface area contributed by atoms with Crippen LogP contribution in [0.2, 0.25) is 0 Å². The summed E-state index contributed by atoms with van der Waals surface area (Å²) in [6, 6.07) is 4.31. The predicted octanol–water partition coefficient (Wildman–Crippen LogP) is 2.79. The number of hydrogen-bond donors (Lipinski definition) is 2. The lowest BCUT2D eigenvalue weighted by molar-refractivity contribution is 0.0732. The van der Waals surface area contributed by atoms with E-state index in [1.807, 2.05) is 13.1 Å². The highest BCUT2D eigenvalue weighted by Crippen LogP contribution is 2.43. The molecule has 1 aliphatic carbocycles. The van der Waals surface area contributed by atoms with E-state index >= 15 is 0 Å². The van der Waals surface area contributed by atoms with Gasteiger partial charge in [-0.25, -0.2) is 0 Å². The Morgan fingerprint density at radius 3 is 2.69 bits per heavy atom. The number of nitrogens with zero attached hydrogens (tertiary/aromatic N) is 2. The molecule has 1 unspecified atom stereocenters. The second-order valence-electron chi connectivity index (χ2n) is 7.68. The van der Waals surface area contributed by atoms with E-state index in [-0.39, 0.29) is 6.04 Å². The van der Waals surface area contributed by atoms with Crippen LogP contribution in [-0.4, -0.2) is 57.8 Å². The van der Waals surface area contributed by atoms with E-state index in [1.54, 1.807) is 13.4 Å². The highest BCUT2D eigenvalue weighted by molar-refractivity contribution is 5.79. The van der Waals surface area contributed by atoms with E-state index in [0.717, 1.165) is 50.9 Å². The second-order valence-corrected chi connectivity index (χ2v) is 7.68. The van der Waals surface area contributed by atoms with Gasteiger partial charge in [0.15, 0.2) is 5.96 Å². The summed E-state index contributed by atoms with van der Waals surface area (Å²) in [7, 11) is 3.63. The number of ether oxygens (including phenoxy) is 1. The van der Waals surface area contributed by atoms with Gasteiger partial charge in [-0.3, -0.25) is 9.89 Å². The maximum absolute atomic E-state index is 5.70. The minimum atomic E-state index is 0.261. The molecule has 1 atom stereocenters. The van der Waals surface area contributed by atoms with Crippen molar-refractivity contribution in [3.63, 3.8) is 0 Å². The Labute approximate surface area is 157 Å². The van der Waals surface area contributed by atoms with Crippen molar-refractivity contribution in [3.05, 3.63) is 24.2 Å². The molecule has 2 N–H and O–H groups in total. The van der Waals surface area contributed by atoms with Crippen LogP contribution in [0.3, 0.4) is 0 Å². The molecule has 1 aromatic rings. The highest BCUT2D eigenvalue weighted by Gasteiger charge is 2.36. The number of aliphatic imine (C=N–C) groups is 1. The van der Waals surface area contributed by atoms with Gasteiger partial charge >= 0.3 is 0 Å². The highest BCUT2D eigenvalue weighted by atomic mass is 16.5. The van der Waals surface area contributed by atoms with Gasteiger partial charge in [-0.15, -0.1) is 0 Å². The molecule has 0 amide bonds. The van der Waals surface area contributed by atoms with Crippen molar-refractivity contribution in [1.82, 2.24) is 15.5 Å². The summed E-state index contributed by atoms with van der Waals surface area (Å²) >= 11 is 0. The minimum absolute atomic E-state index is 0.261. The van der Waals surface area contributed by atoms with Gasteiger partial charge < -0.3 is 19.8 Å². The molecule has 146 valence electrons. The molecule has 0 bridgehead atoms. The lowest BCUT2D eigenvalue weighted by atomic mass is 9.67. The summed E-state index contributed by atoms with van der Waals surface area (Å²) in [5.41, 5.74) is 0.378. The summed E-state index contributed by atoms with van der Waals surface area (Å²) in [5.74, 6) is 1.91. The third-order valence-electron chi connectivity index (χ3n) is 6.02. The number of rotatable bonds is 9. The van der Waals surface area contributed by atoms with Crippen LogP contribution in [0.4, 0.5) is 0 Å². The zero-order valence-corrected chi connectivity index (χ0v) is 16.3. The first-order chi connectivity index (χ1) is 12.8. The molecule has 0 aromatic carbocycles. The van der Waals surface area contributed by atoms with Crippen molar-refractivity contribution in [3.8, 4) is 0 Å². The van der Waals surface area contributed by atoms with E-state index < -0.39 is 0 Å². The molecule has 2 fully saturated rings. The average Bonchev–Trinajstić information content (AvgIpc) is 3.33. The summed E-state index contributed by atoms with van der Waals surface area (Å²) in [6.45, 7) is 4.88. The molecule has 26 heavy (non-hydrogen) atoms. The fourth-order valence-corrected chi connectivity index (χ4v) is 4.14. The number of guanidine groups is 1. The first-order valence-corrected chi connectivity index (χ1v) is 9.97. The van der Waals surface area contributed by atoms with Crippen LogP contribution in [0.1, 0.15) is 50.3 Å². The molecule has 2 heterocycles. The van der Waals surface area contributed by atoms with Crippen molar-refractivity contribution in [2.24, 2.45) is 10.4 Å². The van der Waals surface area contributed by atoms with Crippen LogP contribution in [-0.2, 0) is 4.74 Å². The minimum Gasteiger partial charge on any atom is -0.468 e. The molecule has 6 heteroatoms. The number of furan rings is 1. The van der Waals surface area contributed by atoms with Gasteiger partial charge in [0.05, 0.1) is 12.3 Å². The number of nitrogens with one attached hydrogen (secondary N) is 2. The molecule has 0 spiro atoms. The van der Waals surface area contributed by atoms with Crippen LogP contribution >= 0.6 is 0 Å². The molecule has 6 nitrogen and oxygen atoms in total. The van der Waals surface area contributed by atoms with Gasteiger partial charge in [0.1, 0.15) is 5.76 Å². The van der Waals surface area contributed by atoms with Gasteiger partial charge in [-0.2, -0.15) is 0 Å². The van der Waals surface area contributed by atoms with Crippen LogP contribution in [0, 0.1) is 5.41 Å². The molecule has 1 aromatic heterocycles. The van der Waals surface area contributed by atoms with Crippen LogP contribution < -0.4 is 10.6 Å². The molecule has 1 saturated heterocycles. The van der Waals surface area contributed by atoms with Crippen molar-refractivity contribution < 1.29 is 9.15 Å². The average molecular weight is 363 g/mol. The Morgan fingerprint density at radius 2 is 2.12 bits per heavy atom. The van der Waals surface area contributed by atoms with Gasteiger partial charge in [-0.1, -0.05) is 6.42 Å². The summed E-state index contributed by atoms with van der Waals surface area (Å²) in [5, 5.41) is 7.06. The molecule has 3 rings (SSSR count). The Kier molecular flexibility index (Phi) is 6.97. The quantitative estimate of drug-likeness (QED) is 0.522. The summed E-state index contributed by atoms with van der Waals surface area (Å²) in [4.78, 5) is 6.93. The van der Waals surface area contributed by atoms with Crippen molar-refractivity contribution in [2.75, 3.05) is 46.9 Å². The molecule has 0 radical (unpaired) electrons. The Bertz CT molecular complexity index is 548. The maximum Gasteiger partial charge on any atom is 0.191 e. The predicted molar refractivity (Wildman–Crippen MR) is 104 cm³/mol. The normalized spacial score (nSPS) is 21.4. The molecular formula is C20H34N4O2. The third kappa shape index (κ3) is 4.80. The summed E-state index contributed by atoms with van der Waals surface area (Å²) in [6.07, 6.45) is 9.32. The van der Waals surface area contributed by atoms with Gasteiger partial charge in [-0.05, 0) is 62.7 Å².